The number of halogens is 2. The molecule has 0 radical (unpaired) electrons. The molecule has 1 amide bonds. The first-order chi connectivity index (χ1) is 20.9. The molecule has 1 fully saturated rings. The van der Waals surface area contributed by atoms with Crippen LogP contribution in [0.1, 0.15) is 17.0 Å². The molecule has 230 valence electrons. The van der Waals surface area contributed by atoms with Gasteiger partial charge in [-0.3, -0.25) is 4.79 Å². The van der Waals surface area contributed by atoms with Gasteiger partial charge in [0.1, 0.15) is 6.04 Å². The maximum atomic E-state index is 13.6. The van der Waals surface area contributed by atoms with Crippen molar-refractivity contribution in [2.45, 2.75) is 29.7 Å². The van der Waals surface area contributed by atoms with Gasteiger partial charge in [-0.2, -0.15) is 13.7 Å². The van der Waals surface area contributed by atoms with E-state index >= 15 is 0 Å². The van der Waals surface area contributed by atoms with Gasteiger partial charge in [-0.25, -0.2) is 22.3 Å². The maximum Gasteiger partial charge on any atom is 0.259 e. The van der Waals surface area contributed by atoms with E-state index in [1.807, 2.05) is 24.5 Å². The van der Waals surface area contributed by atoms with Crippen molar-refractivity contribution in [3.8, 4) is 5.69 Å². The van der Waals surface area contributed by atoms with E-state index < -0.39 is 38.5 Å². The third-order valence-electron chi connectivity index (χ3n) is 7.33. The number of aromatic nitrogens is 1. The summed E-state index contributed by atoms with van der Waals surface area (Å²) in [7, 11) is -8.13. The van der Waals surface area contributed by atoms with Crippen molar-refractivity contribution in [2.75, 3.05) is 19.6 Å². The molecule has 1 aliphatic heterocycles. The lowest BCUT2D eigenvalue weighted by Crippen LogP contribution is -2.60. The van der Waals surface area contributed by atoms with E-state index in [1.165, 1.54) is 30.5 Å². The number of benzene rings is 3. The van der Waals surface area contributed by atoms with Crippen LogP contribution in [0.4, 0.5) is 0 Å². The number of hydrogen-bond acceptors (Lipinski definition) is 6. The highest BCUT2D eigenvalue weighted by Gasteiger charge is 2.43. The molecule has 0 saturated carbocycles. The fraction of sp³-hybridized carbons (Fsp3) is 0.200. The topological polar surface area (TPSA) is 121 Å². The van der Waals surface area contributed by atoms with E-state index in [9.17, 15) is 21.6 Å². The Bertz CT molecular complexity index is 1930. The van der Waals surface area contributed by atoms with Gasteiger partial charge in [0.2, 0.25) is 20.0 Å². The van der Waals surface area contributed by atoms with E-state index in [-0.39, 0.29) is 22.9 Å². The van der Waals surface area contributed by atoms with Crippen LogP contribution in [0.3, 0.4) is 0 Å². The molecule has 10 nitrogen and oxygen atoms in total. The number of rotatable bonds is 8. The number of piperazine rings is 1. The van der Waals surface area contributed by atoms with Gasteiger partial charge in [-0.1, -0.05) is 59.6 Å². The van der Waals surface area contributed by atoms with Crippen LogP contribution in [-0.4, -0.2) is 67.8 Å². The standard InChI is InChI=1S/C30H29Cl2N5O5S2/c1-21-17-23(22(2)37(21)28-14-13-24(31)18-27(28)32)19-33-34-30(38)29-20-35(43(39,40)25-9-5-3-6-10-25)15-16-36(29)44(41,42)26-11-7-4-8-12-26/h3-14,17-19,29H,15-16,20H2,1-2H3,(H,34,38)/b33-19-/t29-/m1/s1. The third kappa shape index (κ3) is 6.32. The average molecular weight is 675 g/mol. The smallest absolute Gasteiger partial charge is 0.259 e. The molecular formula is C30H29Cl2N5O5S2. The summed E-state index contributed by atoms with van der Waals surface area (Å²) >= 11 is 12.5. The number of carbonyl (C=O) groups is 1. The lowest BCUT2D eigenvalue weighted by atomic mass is 10.2. The molecule has 4 aromatic rings. The quantitative estimate of drug-likeness (QED) is 0.216. The zero-order valence-corrected chi connectivity index (χ0v) is 26.9. The minimum Gasteiger partial charge on any atom is -0.316 e. The van der Waals surface area contributed by atoms with Gasteiger partial charge in [-0.15, -0.1) is 0 Å². The van der Waals surface area contributed by atoms with Gasteiger partial charge in [0.05, 0.1) is 26.7 Å². The lowest BCUT2D eigenvalue weighted by molar-refractivity contribution is -0.125. The van der Waals surface area contributed by atoms with Gasteiger partial charge in [-0.05, 0) is 62.4 Å². The summed E-state index contributed by atoms with van der Waals surface area (Å²) in [5.74, 6) is -0.775. The van der Waals surface area contributed by atoms with E-state index in [2.05, 4.69) is 10.5 Å². The predicted molar refractivity (Wildman–Crippen MR) is 170 cm³/mol. The molecule has 1 N–H and O–H groups in total. The van der Waals surface area contributed by atoms with Gasteiger partial charge >= 0.3 is 0 Å². The van der Waals surface area contributed by atoms with Crippen molar-refractivity contribution in [3.63, 3.8) is 0 Å². The number of nitrogens with one attached hydrogen (secondary N) is 1. The number of nitrogens with zero attached hydrogens (tertiary/aromatic N) is 4. The highest BCUT2D eigenvalue weighted by molar-refractivity contribution is 7.89. The molecule has 1 saturated heterocycles. The highest BCUT2D eigenvalue weighted by atomic mass is 35.5. The van der Waals surface area contributed by atoms with Crippen LogP contribution < -0.4 is 5.43 Å². The van der Waals surface area contributed by atoms with E-state index in [0.717, 1.165) is 25.7 Å². The zero-order valence-electron chi connectivity index (χ0n) is 23.8. The van der Waals surface area contributed by atoms with E-state index in [1.54, 1.807) is 54.6 Å². The van der Waals surface area contributed by atoms with Crippen LogP contribution in [0.2, 0.25) is 10.0 Å². The summed E-state index contributed by atoms with van der Waals surface area (Å²) < 4.78 is 58.1. The molecule has 0 aliphatic carbocycles. The first-order valence-corrected chi connectivity index (χ1v) is 17.1. The number of hydrogen-bond donors (Lipinski definition) is 1. The highest BCUT2D eigenvalue weighted by Crippen LogP contribution is 2.29. The number of sulfonamides is 2. The second-order valence-electron chi connectivity index (χ2n) is 10.1. The summed E-state index contributed by atoms with van der Waals surface area (Å²) in [5, 5.41) is 5.08. The zero-order chi connectivity index (χ0) is 31.6. The van der Waals surface area contributed by atoms with Crippen LogP contribution in [0, 0.1) is 13.8 Å². The minimum absolute atomic E-state index is 0.00559. The number of amides is 1. The summed E-state index contributed by atoms with van der Waals surface area (Å²) in [5.41, 5.74) is 5.47. The Kier molecular flexibility index (Phi) is 9.30. The predicted octanol–water partition coefficient (Wildman–Crippen LogP) is 4.62. The van der Waals surface area contributed by atoms with Gasteiger partial charge in [0.25, 0.3) is 5.91 Å². The molecule has 1 atom stereocenters. The summed E-state index contributed by atoms with van der Waals surface area (Å²) in [6, 6.07) is 21.1. The molecule has 0 bridgehead atoms. The molecule has 1 aromatic heterocycles. The first kappa shape index (κ1) is 31.9. The van der Waals surface area contributed by atoms with Crippen molar-refractivity contribution in [3.05, 3.63) is 112 Å². The molecule has 5 rings (SSSR count). The largest absolute Gasteiger partial charge is 0.316 e. The van der Waals surface area contributed by atoms with Crippen LogP contribution in [0.5, 0.6) is 0 Å². The molecule has 2 heterocycles. The second kappa shape index (κ2) is 12.8. The van der Waals surface area contributed by atoms with Crippen molar-refractivity contribution in [2.24, 2.45) is 5.10 Å². The summed E-state index contributed by atoms with van der Waals surface area (Å²) in [6.45, 7) is 3.00. The van der Waals surface area contributed by atoms with Crippen LogP contribution >= 0.6 is 23.2 Å². The van der Waals surface area contributed by atoms with Crippen molar-refractivity contribution in [1.82, 2.24) is 18.6 Å². The van der Waals surface area contributed by atoms with Gasteiger partial charge in [0.15, 0.2) is 0 Å². The summed E-state index contributed by atoms with van der Waals surface area (Å²) in [6.07, 6.45) is 1.44. The lowest BCUT2D eigenvalue weighted by Gasteiger charge is -2.38. The Balaban J connectivity index is 1.42. The Morgan fingerprint density at radius 3 is 2.09 bits per heavy atom. The maximum absolute atomic E-state index is 13.6. The number of aryl methyl sites for hydroxylation is 1. The van der Waals surface area contributed by atoms with Crippen molar-refractivity contribution < 1.29 is 21.6 Å². The molecular weight excluding hydrogens is 645 g/mol. The fourth-order valence-electron chi connectivity index (χ4n) is 5.12. The Labute approximate surface area is 266 Å². The Morgan fingerprint density at radius 1 is 0.864 bits per heavy atom. The van der Waals surface area contributed by atoms with Gasteiger partial charge < -0.3 is 4.57 Å². The molecule has 14 heteroatoms. The number of hydrazone groups is 1. The van der Waals surface area contributed by atoms with Crippen LogP contribution in [0.15, 0.2) is 99.8 Å². The average Bonchev–Trinajstić information content (AvgIpc) is 3.29. The second-order valence-corrected chi connectivity index (χ2v) is 14.8. The van der Waals surface area contributed by atoms with Crippen molar-refractivity contribution >= 4 is 55.4 Å². The van der Waals surface area contributed by atoms with Crippen LogP contribution in [0.25, 0.3) is 5.69 Å². The Morgan fingerprint density at radius 2 is 1.48 bits per heavy atom. The molecule has 1 aliphatic rings. The normalized spacial score (nSPS) is 16.8. The minimum atomic E-state index is -4.14. The Hall–Kier alpha value is -3.52. The van der Waals surface area contributed by atoms with Gasteiger partial charge in [0, 0.05) is 41.6 Å². The molecule has 0 spiro atoms. The summed E-state index contributed by atoms with van der Waals surface area (Å²) in [4.78, 5) is 13.6. The monoisotopic (exact) mass is 673 g/mol. The van der Waals surface area contributed by atoms with Crippen molar-refractivity contribution in [1.29, 1.82) is 0 Å². The van der Waals surface area contributed by atoms with E-state index in [4.69, 9.17) is 23.2 Å². The molecule has 3 aromatic carbocycles. The fourth-order valence-corrected chi connectivity index (χ4v) is 8.66. The molecule has 0 unspecified atom stereocenters. The van der Waals surface area contributed by atoms with Crippen LogP contribution in [-0.2, 0) is 24.8 Å². The van der Waals surface area contributed by atoms with E-state index in [0.29, 0.717) is 15.6 Å². The first-order valence-electron chi connectivity index (χ1n) is 13.5. The third-order valence-corrected chi connectivity index (χ3v) is 11.7. The number of carbonyl (C=O) groups excluding carboxylic acids is 1. The molecule has 44 heavy (non-hydrogen) atoms. The SMILES string of the molecule is Cc1cc(/C=N\NC(=O)[C@H]2CN(S(=O)(=O)c3ccccc3)CCN2S(=O)(=O)c2ccccc2)c(C)n1-c1ccc(Cl)cc1Cl.